The van der Waals surface area contributed by atoms with Crippen LogP contribution in [0.4, 0.5) is 14.5 Å². The van der Waals surface area contributed by atoms with Crippen molar-refractivity contribution in [1.82, 2.24) is 0 Å². The highest BCUT2D eigenvalue weighted by Gasteiger charge is 2.25. The third-order valence-electron chi connectivity index (χ3n) is 3.35. The molecular formula is C14H16F2N2S. The van der Waals surface area contributed by atoms with Crippen molar-refractivity contribution in [3.63, 3.8) is 0 Å². The van der Waals surface area contributed by atoms with Crippen LogP contribution in [-0.4, -0.2) is 17.0 Å². The van der Waals surface area contributed by atoms with Crippen molar-refractivity contribution < 1.29 is 8.78 Å². The molecule has 1 aromatic carbocycles. The molecule has 2 unspecified atom stereocenters. The number of hydrogen-bond acceptors (Lipinski definition) is 3. The first-order valence-electron chi connectivity index (χ1n) is 6.42. The van der Waals surface area contributed by atoms with Crippen molar-refractivity contribution in [2.75, 3.05) is 11.1 Å². The molecule has 0 heterocycles. The Morgan fingerprint density at radius 1 is 1.37 bits per heavy atom. The zero-order valence-electron chi connectivity index (χ0n) is 10.7. The Morgan fingerprint density at radius 3 is 2.84 bits per heavy atom. The third-order valence-corrected chi connectivity index (χ3v) is 4.58. The molecule has 2 rings (SSSR count). The monoisotopic (exact) mass is 282 g/mol. The number of halogens is 2. The van der Waals surface area contributed by atoms with Crippen molar-refractivity contribution in [3.05, 3.63) is 29.3 Å². The molecule has 2 atom stereocenters. The second kappa shape index (κ2) is 6.25. The van der Waals surface area contributed by atoms with Crippen LogP contribution in [0.15, 0.2) is 12.1 Å². The molecule has 0 aromatic heterocycles. The second-order valence-electron chi connectivity index (χ2n) is 4.63. The molecule has 5 heteroatoms. The van der Waals surface area contributed by atoms with E-state index in [1.807, 2.05) is 11.8 Å². The first-order chi connectivity index (χ1) is 9.15. The van der Waals surface area contributed by atoms with E-state index in [0.717, 1.165) is 25.0 Å². The van der Waals surface area contributed by atoms with Crippen LogP contribution in [0.5, 0.6) is 0 Å². The Labute approximate surface area is 116 Å². The van der Waals surface area contributed by atoms with Crippen LogP contribution in [0.1, 0.15) is 31.7 Å². The lowest BCUT2D eigenvalue weighted by molar-refractivity contribution is 0.507. The fourth-order valence-corrected chi connectivity index (χ4v) is 3.57. The van der Waals surface area contributed by atoms with Gasteiger partial charge in [-0.25, -0.2) is 8.78 Å². The lowest BCUT2D eigenvalue weighted by atomic mass is 10.1. The maximum Gasteiger partial charge on any atom is 0.183 e. The minimum Gasteiger partial charge on any atom is -0.380 e. The molecule has 1 aliphatic rings. The van der Waals surface area contributed by atoms with Crippen molar-refractivity contribution >= 4 is 17.4 Å². The van der Waals surface area contributed by atoms with Gasteiger partial charge in [0.1, 0.15) is 6.07 Å². The average Bonchev–Trinajstić information content (AvgIpc) is 2.83. The van der Waals surface area contributed by atoms with Crippen LogP contribution in [0, 0.1) is 23.0 Å². The van der Waals surface area contributed by atoms with E-state index in [0.29, 0.717) is 5.25 Å². The molecule has 19 heavy (non-hydrogen) atoms. The molecule has 102 valence electrons. The van der Waals surface area contributed by atoms with Gasteiger partial charge >= 0.3 is 0 Å². The molecular weight excluding hydrogens is 266 g/mol. The summed E-state index contributed by atoms with van der Waals surface area (Å²) in [4.78, 5) is 0. The number of thioether (sulfide) groups is 1. The quantitative estimate of drug-likeness (QED) is 0.909. The van der Waals surface area contributed by atoms with Crippen molar-refractivity contribution in [1.29, 1.82) is 5.26 Å². The smallest absolute Gasteiger partial charge is 0.183 e. The van der Waals surface area contributed by atoms with Gasteiger partial charge in [-0.1, -0.05) is 6.92 Å². The number of rotatable bonds is 4. The largest absolute Gasteiger partial charge is 0.380 e. The first-order valence-corrected chi connectivity index (χ1v) is 7.46. The summed E-state index contributed by atoms with van der Waals surface area (Å²) in [6.45, 7) is 2.13. The van der Waals surface area contributed by atoms with Gasteiger partial charge in [-0.2, -0.15) is 17.0 Å². The number of hydrogen-bond donors (Lipinski definition) is 1. The van der Waals surface area contributed by atoms with Gasteiger partial charge in [0.2, 0.25) is 0 Å². The van der Waals surface area contributed by atoms with E-state index < -0.39 is 11.6 Å². The molecule has 0 aliphatic heterocycles. The van der Waals surface area contributed by atoms with Crippen LogP contribution in [0.25, 0.3) is 0 Å². The summed E-state index contributed by atoms with van der Waals surface area (Å²) in [7, 11) is 0. The van der Waals surface area contributed by atoms with Gasteiger partial charge in [-0.05, 0) is 37.1 Å². The first kappa shape index (κ1) is 14.1. The van der Waals surface area contributed by atoms with Gasteiger partial charge in [0.15, 0.2) is 11.6 Å². The summed E-state index contributed by atoms with van der Waals surface area (Å²) in [5.74, 6) is -0.937. The molecule has 0 saturated heterocycles. The lowest BCUT2D eigenvalue weighted by Crippen LogP contribution is -2.17. The molecule has 2 nitrogen and oxygen atoms in total. The number of nitrogens with zero attached hydrogens (tertiary/aromatic N) is 1. The predicted octanol–water partition coefficient (Wildman–Crippen LogP) is 3.92. The molecule has 1 saturated carbocycles. The van der Waals surface area contributed by atoms with Crippen molar-refractivity contribution in [3.8, 4) is 6.07 Å². The zero-order chi connectivity index (χ0) is 13.8. The summed E-state index contributed by atoms with van der Waals surface area (Å²) in [5.41, 5.74) is -0.0995. The standard InChI is InChI=1S/C14H16F2N2S/c1-2-19-11-5-4-10(7-11)18-12-6-3-9(8-17)13(15)14(12)16/h3,6,10-11,18H,2,4-5,7H2,1H3. The highest BCUT2D eigenvalue weighted by Crippen LogP contribution is 2.32. The maximum absolute atomic E-state index is 13.8. The minimum atomic E-state index is -1.06. The predicted molar refractivity (Wildman–Crippen MR) is 74.3 cm³/mol. The Hall–Kier alpha value is -1.28. The molecule has 1 fully saturated rings. The van der Waals surface area contributed by atoms with E-state index in [4.69, 9.17) is 5.26 Å². The molecule has 1 aliphatic carbocycles. The average molecular weight is 282 g/mol. The molecule has 0 spiro atoms. The maximum atomic E-state index is 13.8. The number of benzene rings is 1. The number of nitriles is 1. The summed E-state index contributed by atoms with van der Waals surface area (Å²) < 4.78 is 27.2. The van der Waals surface area contributed by atoms with E-state index in [1.54, 1.807) is 6.07 Å². The fraction of sp³-hybridized carbons (Fsp3) is 0.500. The minimum absolute atomic E-state index is 0.156. The zero-order valence-corrected chi connectivity index (χ0v) is 11.6. The van der Waals surface area contributed by atoms with Crippen LogP contribution in [-0.2, 0) is 0 Å². The highest BCUT2D eigenvalue weighted by molar-refractivity contribution is 7.99. The molecule has 1 N–H and O–H groups in total. The summed E-state index contributed by atoms with van der Waals surface area (Å²) >= 11 is 1.92. The van der Waals surface area contributed by atoms with E-state index >= 15 is 0 Å². The fourth-order valence-electron chi connectivity index (χ4n) is 2.43. The Balaban J connectivity index is 2.05. The lowest BCUT2D eigenvalue weighted by Gasteiger charge is -2.15. The summed E-state index contributed by atoms with van der Waals surface area (Å²) in [5, 5.41) is 12.3. The van der Waals surface area contributed by atoms with Gasteiger partial charge < -0.3 is 5.32 Å². The molecule has 0 bridgehead atoms. The Bertz CT molecular complexity index is 499. The Kier molecular flexibility index (Phi) is 4.65. The third kappa shape index (κ3) is 3.19. The molecule has 0 amide bonds. The topological polar surface area (TPSA) is 35.8 Å². The van der Waals surface area contributed by atoms with Crippen LogP contribution < -0.4 is 5.32 Å². The van der Waals surface area contributed by atoms with Crippen LogP contribution in [0.2, 0.25) is 0 Å². The summed E-state index contributed by atoms with van der Waals surface area (Å²) in [6.07, 6.45) is 3.05. The molecule has 0 radical (unpaired) electrons. The van der Waals surface area contributed by atoms with Gasteiger partial charge in [0.05, 0.1) is 11.3 Å². The van der Waals surface area contributed by atoms with Gasteiger partial charge in [0, 0.05) is 11.3 Å². The van der Waals surface area contributed by atoms with Crippen LogP contribution in [0.3, 0.4) is 0 Å². The Morgan fingerprint density at radius 2 is 2.16 bits per heavy atom. The van der Waals surface area contributed by atoms with E-state index in [9.17, 15) is 8.78 Å². The van der Waals surface area contributed by atoms with Crippen molar-refractivity contribution in [2.24, 2.45) is 0 Å². The number of anilines is 1. The molecule has 1 aromatic rings. The van der Waals surface area contributed by atoms with Gasteiger partial charge in [-0.3, -0.25) is 0 Å². The van der Waals surface area contributed by atoms with Crippen LogP contribution >= 0.6 is 11.8 Å². The van der Waals surface area contributed by atoms with E-state index in [1.165, 1.54) is 12.1 Å². The van der Waals surface area contributed by atoms with E-state index in [2.05, 4.69) is 12.2 Å². The van der Waals surface area contributed by atoms with Crippen molar-refractivity contribution in [2.45, 2.75) is 37.5 Å². The second-order valence-corrected chi connectivity index (χ2v) is 6.21. The number of nitrogens with one attached hydrogen (secondary N) is 1. The normalized spacial score (nSPS) is 22.2. The van der Waals surface area contributed by atoms with Gasteiger partial charge in [-0.15, -0.1) is 0 Å². The highest BCUT2D eigenvalue weighted by atomic mass is 32.2. The van der Waals surface area contributed by atoms with E-state index in [-0.39, 0.29) is 17.3 Å². The SMILES string of the molecule is CCSC1CCC(Nc2ccc(C#N)c(F)c2F)C1. The summed E-state index contributed by atoms with van der Waals surface area (Å²) in [6, 6.07) is 4.58. The van der Waals surface area contributed by atoms with Gasteiger partial charge in [0.25, 0.3) is 0 Å².